The SMILES string of the molecule is O=C(CN1C(=O)C2CC=CCC2C1=O)N1CCNC1=O. The van der Waals surface area contributed by atoms with Crippen LogP contribution in [-0.2, 0) is 14.4 Å². The van der Waals surface area contributed by atoms with E-state index in [-0.39, 0.29) is 36.7 Å². The number of allylic oxidation sites excluding steroid dienone is 2. The van der Waals surface area contributed by atoms with Crippen molar-refractivity contribution >= 4 is 23.8 Å². The number of hydrogen-bond donors (Lipinski definition) is 1. The quantitative estimate of drug-likeness (QED) is 0.544. The van der Waals surface area contributed by atoms with E-state index in [2.05, 4.69) is 5.32 Å². The Morgan fingerprint density at radius 2 is 1.75 bits per heavy atom. The van der Waals surface area contributed by atoms with Crippen LogP contribution in [0.2, 0.25) is 0 Å². The molecule has 1 aliphatic carbocycles. The molecule has 20 heavy (non-hydrogen) atoms. The molecule has 7 heteroatoms. The van der Waals surface area contributed by atoms with Crippen LogP contribution < -0.4 is 5.32 Å². The molecule has 5 amide bonds. The van der Waals surface area contributed by atoms with E-state index in [1.54, 1.807) is 0 Å². The van der Waals surface area contributed by atoms with Crippen LogP contribution in [0.15, 0.2) is 12.2 Å². The van der Waals surface area contributed by atoms with Crippen LogP contribution in [0.25, 0.3) is 0 Å². The largest absolute Gasteiger partial charge is 0.336 e. The Morgan fingerprint density at radius 3 is 2.25 bits per heavy atom. The number of fused-ring (bicyclic) bond motifs is 1. The molecule has 1 N–H and O–H groups in total. The van der Waals surface area contributed by atoms with Gasteiger partial charge in [-0.05, 0) is 12.8 Å². The molecule has 0 radical (unpaired) electrons. The Morgan fingerprint density at radius 1 is 1.15 bits per heavy atom. The van der Waals surface area contributed by atoms with Crippen molar-refractivity contribution in [1.82, 2.24) is 15.1 Å². The number of urea groups is 1. The summed E-state index contributed by atoms with van der Waals surface area (Å²) >= 11 is 0. The zero-order valence-corrected chi connectivity index (χ0v) is 10.9. The minimum atomic E-state index is -0.506. The second kappa shape index (κ2) is 4.73. The molecule has 2 aliphatic heterocycles. The summed E-state index contributed by atoms with van der Waals surface area (Å²) < 4.78 is 0. The summed E-state index contributed by atoms with van der Waals surface area (Å²) in [5, 5.41) is 2.52. The highest BCUT2D eigenvalue weighted by Gasteiger charge is 2.48. The van der Waals surface area contributed by atoms with Crippen LogP contribution >= 0.6 is 0 Å². The highest BCUT2D eigenvalue weighted by atomic mass is 16.2. The highest BCUT2D eigenvalue weighted by molar-refractivity contribution is 6.08. The van der Waals surface area contributed by atoms with Gasteiger partial charge in [-0.25, -0.2) is 4.79 Å². The molecule has 7 nitrogen and oxygen atoms in total. The maximum absolute atomic E-state index is 12.2. The van der Waals surface area contributed by atoms with Crippen molar-refractivity contribution in [2.24, 2.45) is 11.8 Å². The molecule has 0 aromatic carbocycles. The fourth-order valence-electron chi connectivity index (χ4n) is 2.96. The van der Waals surface area contributed by atoms with Crippen LogP contribution in [0.1, 0.15) is 12.8 Å². The number of carbonyl (C=O) groups is 4. The molecule has 106 valence electrons. The average Bonchev–Trinajstić information content (AvgIpc) is 2.97. The summed E-state index contributed by atoms with van der Waals surface area (Å²) in [4.78, 5) is 49.8. The van der Waals surface area contributed by atoms with E-state index in [9.17, 15) is 19.2 Å². The molecule has 2 unspecified atom stereocenters. The van der Waals surface area contributed by atoms with Gasteiger partial charge in [0.25, 0.3) is 5.91 Å². The van der Waals surface area contributed by atoms with E-state index in [1.807, 2.05) is 12.2 Å². The number of hydrogen-bond acceptors (Lipinski definition) is 4. The van der Waals surface area contributed by atoms with E-state index in [0.717, 1.165) is 9.80 Å². The lowest BCUT2D eigenvalue weighted by Gasteiger charge is -2.18. The fourth-order valence-corrected chi connectivity index (χ4v) is 2.96. The summed E-state index contributed by atoms with van der Waals surface area (Å²) in [6.07, 6.45) is 4.88. The first-order valence-electron chi connectivity index (χ1n) is 6.68. The Bertz CT molecular complexity index is 502. The first kappa shape index (κ1) is 12.8. The number of amides is 5. The van der Waals surface area contributed by atoms with E-state index in [1.165, 1.54) is 0 Å². The lowest BCUT2D eigenvalue weighted by Crippen LogP contribution is -2.44. The summed E-state index contributed by atoms with van der Waals surface area (Å²) in [6.45, 7) is 0.349. The Kier molecular flexibility index (Phi) is 3.04. The lowest BCUT2D eigenvalue weighted by molar-refractivity contribution is -0.145. The molecule has 3 aliphatic rings. The first-order valence-corrected chi connectivity index (χ1v) is 6.68. The van der Waals surface area contributed by atoms with Gasteiger partial charge in [-0.2, -0.15) is 0 Å². The van der Waals surface area contributed by atoms with Crippen molar-refractivity contribution in [3.63, 3.8) is 0 Å². The number of nitrogens with one attached hydrogen (secondary N) is 1. The van der Waals surface area contributed by atoms with Crippen LogP contribution in [0.4, 0.5) is 4.79 Å². The molecule has 2 saturated heterocycles. The zero-order valence-electron chi connectivity index (χ0n) is 10.9. The van der Waals surface area contributed by atoms with Gasteiger partial charge < -0.3 is 5.32 Å². The normalized spacial score (nSPS) is 28.9. The van der Waals surface area contributed by atoms with Gasteiger partial charge in [0, 0.05) is 13.1 Å². The van der Waals surface area contributed by atoms with Gasteiger partial charge in [0.1, 0.15) is 6.54 Å². The summed E-state index contributed by atoms with van der Waals surface area (Å²) in [7, 11) is 0. The summed E-state index contributed by atoms with van der Waals surface area (Å²) in [5.74, 6) is -1.77. The van der Waals surface area contributed by atoms with Crippen LogP contribution in [0, 0.1) is 11.8 Å². The number of rotatable bonds is 2. The van der Waals surface area contributed by atoms with Crippen molar-refractivity contribution in [1.29, 1.82) is 0 Å². The smallest absolute Gasteiger partial charge is 0.324 e. The first-order chi connectivity index (χ1) is 9.59. The Labute approximate surface area is 115 Å². The third-order valence-electron chi connectivity index (χ3n) is 4.05. The van der Waals surface area contributed by atoms with E-state index in [0.29, 0.717) is 19.4 Å². The molecule has 0 saturated carbocycles. The minimum absolute atomic E-state index is 0.280. The lowest BCUT2D eigenvalue weighted by atomic mass is 9.85. The van der Waals surface area contributed by atoms with Gasteiger partial charge in [0.15, 0.2) is 0 Å². The molecular weight excluding hydrogens is 262 g/mol. The maximum Gasteiger partial charge on any atom is 0.324 e. The van der Waals surface area contributed by atoms with Gasteiger partial charge in [0.2, 0.25) is 11.8 Å². The molecule has 2 atom stereocenters. The standard InChI is InChI=1S/C13H15N3O4/c17-10(15-6-5-14-13(15)20)7-16-11(18)8-3-1-2-4-9(8)12(16)19/h1-2,8-9H,3-7H2,(H,14,20). The van der Waals surface area contributed by atoms with Crippen LogP contribution in [0.5, 0.6) is 0 Å². The Hall–Kier alpha value is -2.18. The van der Waals surface area contributed by atoms with Gasteiger partial charge >= 0.3 is 6.03 Å². The predicted molar refractivity (Wildman–Crippen MR) is 67.2 cm³/mol. The number of imide groups is 2. The van der Waals surface area contributed by atoms with Crippen molar-refractivity contribution in [2.75, 3.05) is 19.6 Å². The number of likely N-dealkylation sites (tertiary alicyclic amines) is 1. The number of carbonyl (C=O) groups excluding carboxylic acids is 4. The van der Waals surface area contributed by atoms with E-state index < -0.39 is 11.9 Å². The molecule has 0 aromatic heterocycles. The fraction of sp³-hybridized carbons (Fsp3) is 0.538. The van der Waals surface area contributed by atoms with Gasteiger partial charge in [-0.15, -0.1) is 0 Å². The molecular formula is C13H15N3O4. The zero-order chi connectivity index (χ0) is 14.3. The second-order valence-electron chi connectivity index (χ2n) is 5.20. The van der Waals surface area contributed by atoms with Crippen molar-refractivity contribution in [3.8, 4) is 0 Å². The van der Waals surface area contributed by atoms with Gasteiger partial charge in [-0.1, -0.05) is 12.2 Å². The molecule has 2 heterocycles. The molecule has 2 fully saturated rings. The van der Waals surface area contributed by atoms with Crippen LogP contribution in [0.3, 0.4) is 0 Å². The van der Waals surface area contributed by atoms with Gasteiger partial charge in [0.05, 0.1) is 11.8 Å². The summed E-state index contributed by atoms with van der Waals surface area (Å²) in [5.41, 5.74) is 0. The van der Waals surface area contributed by atoms with Crippen molar-refractivity contribution in [2.45, 2.75) is 12.8 Å². The van der Waals surface area contributed by atoms with Crippen molar-refractivity contribution < 1.29 is 19.2 Å². The molecule has 0 spiro atoms. The Balaban J connectivity index is 1.72. The average molecular weight is 277 g/mol. The van der Waals surface area contributed by atoms with E-state index >= 15 is 0 Å². The predicted octanol–water partition coefficient (Wildman–Crippen LogP) is -0.511. The highest BCUT2D eigenvalue weighted by Crippen LogP contribution is 2.34. The molecule has 0 aromatic rings. The van der Waals surface area contributed by atoms with Crippen molar-refractivity contribution in [3.05, 3.63) is 12.2 Å². The third kappa shape index (κ3) is 1.90. The molecule has 3 rings (SSSR count). The van der Waals surface area contributed by atoms with Gasteiger partial charge in [-0.3, -0.25) is 24.2 Å². The third-order valence-corrected chi connectivity index (χ3v) is 4.05. The second-order valence-corrected chi connectivity index (χ2v) is 5.20. The minimum Gasteiger partial charge on any atom is -0.336 e. The van der Waals surface area contributed by atoms with E-state index in [4.69, 9.17) is 0 Å². The van der Waals surface area contributed by atoms with Crippen LogP contribution in [-0.4, -0.2) is 53.2 Å². The summed E-state index contributed by atoms with van der Waals surface area (Å²) in [6, 6.07) is -0.465. The molecule has 0 bridgehead atoms. The monoisotopic (exact) mass is 277 g/mol. The topological polar surface area (TPSA) is 86.8 Å². The maximum atomic E-state index is 12.2. The number of nitrogens with zero attached hydrogens (tertiary/aromatic N) is 2.